The molecule has 1 aromatic heterocycles. The third kappa shape index (κ3) is 9.52. The predicted molar refractivity (Wildman–Crippen MR) is 138 cm³/mol. The van der Waals surface area contributed by atoms with Crippen LogP contribution in [0.15, 0.2) is 48.6 Å². The number of nitrogens with zero attached hydrogens (tertiary/aromatic N) is 4. The number of aliphatic imine (C=N–C) groups is 1. The average molecular weight is 503 g/mol. The van der Waals surface area contributed by atoms with Crippen molar-refractivity contribution in [1.29, 1.82) is 0 Å². The van der Waals surface area contributed by atoms with Crippen LogP contribution in [0.2, 0.25) is 0 Å². The SMILES string of the molecule is C=CN=C(C=C)CCN(C)C(=O)OC(C)OC(=O)C(C)(C)c1cccc(CCN(C)C(=O)OCC)n1. The van der Waals surface area contributed by atoms with Gasteiger partial charge in [0.15, 0.2) is 0 Å². The highest BCUT2D eigenvalue weighted by molar-refractivity contribution is 5.95. The van der Waals surface area contributed by atoms with Crippen molar-refractivity contribution in [2.75, 3.05) is 33.8 Å². The summed E-state index contributed by atoms with van der Waals surface area (Å²) in [6.07, 6.45) is 1.81. The Labute approximate surface area is 213 Å². The van der Waals surface area contributed by atoms with Gasteiger partial charge in [-0.15, -0.1) is 0 Å². The van der Waals surface area contributed by atoms with E-state index >= 15 is 0 Å². The minimum absolute atomic E-state index is 0.304. The quantitative estimate of drug-likeness (QED) is 0.227. The summed E-state index contributed by atoms with van der Waals surface area (Å²) in [4.78, 5) is 48.5. The van der Waals surface area contributed by atoms with E-state index < -0.39 is 29.9 Å². The van der Waals surface area contributed by atoms with E-state index in [-0.39, 0.29) is 0 Å². The topological polar surface area (TPSA) is 111 Å². The van der Waals surface area contributed by atoms with Gasteiger partial charge in [-0.05, 0) is 39.0 Å². The van der Waals surface area contributed by atoms with Crippen LogP contribution in [0.1, 0.15) is 45.5 Å². The van der Waals surface area contributed by atoms with Gasteiger partial charge in [-0.3, -0.25) is 14.8 Å². The number of amides is 2. The lowest BCUT2D eigenvalue weighted by atomic mass is 9.88. The van der Waals surface area contributed by atoms with Gasteiger partial charge in [0.05, 0.1) is 12.3 Å². The number of allylic oxidation sites excluding steroid dienone is 1. The Bertz CT molecular complexity index is 960. The Morgan fingerprint density at radius 2 is 1.78 bits per heavy atom. The van der Waals surface area contributed by atoms with Crippen LogP contribution in [-0.2, 0) is 30.8 Å². The zero-order chi connectivity index (χ0) is 27.3. The Morgan fingerprint density at radius 3 is 2.39 bits per heavy atom. The number of carbonyl (C=O) groups is 3. The van der Waals surface area contributed by atoms with Crippen LogP contribution in [0.5, 0.6) is 0 Å². The summed E-state index contributed by atoms with van der Waals surface area (Å²) in [5.41, 5.74) is 0.797. The summed E-state index contributed by atoms with van der Waals surface area (Å²) in [7, 11) is 3.22. The molecule has 1 heterocycles. The highest BCUT2D eigenvalue weighted by atomic mass is 16.7. The largest absolute Gasteiger partial charge is 0.450 e. The van der Waals surface area contributed by atoms with Crippen LogP contribution in [0, 0.1) is 0 Å². The fourth-order valence-corrected chi connectivity index (χ4v) is 2.94. The Balaban J connectivity index is 2.71. The van der Waals surface area contributed by atoms with Crippen LogP contribution in [0.25, 0.3) is 0 Å². The van der Waals surface area contributed by atoms with Crippen molar-refractivity contribution in [3.8, 4) is 0 Å². The maximum absolute atomic E-state index is 12.9. The second-order valence-corrected chi connectivity index (χ2v) is 8.55. The molecule has 1 atom stereocenters. The molecule has 1 unspecified atom stereocenters. The van der Waals surface area contributed by atoms with Gasteiger partial charge in [0, 0.05) is 64.6 Å². The summed E-state index contributed by atoms with van der Waals surface area (Å²) in [6, 6.07) is 5.34. The van der Waals surface area contributed by atoms with Crippen molar-refractivity contribution >= 4 is 23.9 Å². The molecule has 0 aliphatic rings. The van der Waals surface area contributed by atoms with Gasteiger partial charge in [-0.1, -0.05) is 19.2 Å². The predicted octanol–water partition coefficient (Wildman–Crippen LogP) is 4.11. The third-order valence-electron chi connectivity index (χ3n) is 5.29. The lowest BCUT2D eigenvalue weighted by Crippen LogP contribution is -2.38. The first-order valence-electron chi connectivity index (χ1n) is 11.7. The number of rotatable bonds is 13. The maximum Gasteiger partial charge on any atom is 0.412 e. The molecule has 0 radical (unpaired) electrons. The minimum atomic E-state index is -1.10. The van der Waals surface area contributed by atoms with Gasteiger partial charge < -0.3 is 24.0 Å². The van der Waals surface area contributed by atoms with E-state index in [1.807, 2.05) is 6.07 Å². The molecule has 0 N–H and O–H groups in total. The Morgan fingerprint density at radius 1 is 1.11 bits per heavy atom. The molecule has 2 amide bonds. The van der Waals surface area contributed by atoms with Crippen LogP contribution in [0.3, 0.4) is 0 Å². The van der Waals surface area contributed by atoms with E-state index in [1.54, 1.807) is 53.1 Å². The van der Waals surface area contributed by atoms with Gasteiger partial charge in [0.1, 0.15) is 5.41 Å². The zero-order valence-corrected chi connectivity index (χ0v) is 22.2. The van der Waals surface area contributed by atoms with Gasteiger partial charge in [-0.25, -0.2) is 9.59 Å². The van der Waals surface area contributed by atoms with Crippen molar-refractivity contribution in [3.63, 3.8) is 0 Å². The van der Waals surface area contributed by atoms with Crippen LogP contribution < -0.4 is 0 Å². The second-order valence-electron chi connectivity index (χ2n) is 8.55. The van der Waals surface area contributed by atoms with Gasteiger partial charge >= 0.3 is 18.2 Å². The van der Waals surface area contributed by atoms with E-state index in [0.29, 0.717) is 49.6 Å². The standard InChI is InChI=1S/C26H38N4O6/c1-9-20(27-10-2)15-17-30(8)25(33)36-19(4)35-23(31)26(5,6)22-14-12-13-21(28-22)16-18-29(7)24(32)34-11-3/h9-10,12-14,19H,1-2,11,15-18H2,3-8H3. The molecule has 10 heteroatoms. The number of esters is 1. The van der Waals surface area contributed by atoms with Crippen molar-refractivity contribution in [2.45, 2.75) is 52.2 Å². The lowest BCUT2D eigenvalue weighted by molar-refractivity contribution is -0.172. The van der Waals surface area contributed by atoms with E-state index in [2.05, 4.69) is 23.1 Å². The molecule has 0 aromatic carbocycles. The number of aromatic nitrogens is 1. The summed E-state index contributed by atoms with van der Waals surface area (Å²) in [5.74, 6) is -0.592. The number of hydrogen-bond acceptors (Lipinski definition) is 8. The maximum atomic E-state index is 12.9. The molecule has 1 rings (SSSR count). The molecule has 0 fully saturated rings. The smallest absolute Gasteiger partial charge is 0.412 e. The number of ether oxygens (including phenoxy) is 3. The van der Waals surface area contributed by atoms with E-state index in [9.17, 15) is 14.4 Å². The Kier molecular flexibility index (Phi) is 12.3. The van der Waals surface area contributed by atoms with Crippen LogP contribution in [-0.4, -0.2) is 78.7 Å². The molecule has 0 spiro atoms. The van der Waals surface area contributed by atoms with Gasteiger partial charge in [-0.2, -0.15) is 0 Å². The number of pyridine rings is 1. The zero-order valence-electron chi connectivity index (χ0n) is 22.2. The summed E-state index contributed by atoms with van der Waals surface area (Å²) in [6.45, 7) is 14.9. The van der Waals surface area contributed by atoms with Crippen molar-refractivity contribution < 1.29 is 28.6 Å². The monoisotopic (exact) mass is 502 g/mol. The molecule has 0 aliphatic carbocycles. The molecule has 36 heavy (non-hydrogen) atoms. The van der Waals surface area contributed by atoms with E-state index in [4.69, 9.17) is 14.2 Å². The van der Waals surface area contributed by atoms with Crippen LogP contribution >= 0.6 is 0 Å². The lowest BCUT2D eigenvalue weighted by Gasteiger charge is -2.26. The molecule has 0 saturated carbocycles. The van der Waals surface area contributed by atoms with E-state index in [0.717, 1.165) is 0 Å². The fraction of sp³-hybridized carbons (Fsp3) is 0.500. The summed E-state index contributed by atoms with van der Waals surface area (Å²) >= 11 is 0. The molecule has 1 aromatic rings. The normalized spacial score (nSPS) is 12.2. The van der Waals surface area contributed by atoms with Crippen molar-refractivity contribution in [1.82, 2.24) is 14.8 Å². The third-order valence-corrected chi connectivity index (χ3v) is 5.29. The summed E-state index contributed by atoms with van der Waals surface area (Å²) in [5, 5.41) is 0. The van der Waals surface area contributed by atoms with Crippen molar-refractivity contribution in [3.05, 3.63) is 55.0 Å². The number of carbonyl (C=O) groups excluding carboxylic acids is 3. The molecule has 10 nitrogen and oxygen atoms in total. The Hall–Kier alpha value is -3.69. The first-order chi connectivity index (χ1) is 17.0. The van der Waals surface area contributed by atoms with Crippen molar-refractivity contribution in [2.24, 2.45) is 4.99 Å². The highest BCUT2D eigenvalue weighted by Crippen LogP contribution is 2.24. The molecular formula is C26H38N4O6. The molecular weight excluding hydrogens is 464 g/mol. The second kappa shape index (κ2) is 14.7. The van der Waals surface area contributed by atoms with Gasteiger partial charge in [0.2, 0.25) is 6.29 Å². The van der Waals surface area contributed by atoms with E-state index in [1.165, 1.54) is 22.9 Å². The number of hydrogen-bond donors (Lipinski definition) is 0. The highest BCUT2D eigenvalue weighted by Gasteiger charge is 2.35. The first kappa shape index (κ1) is 30.3. The fourth-order valence-electron chi connectivity index (χ4n) is 2.94. The van der Waals surface area contributed by atoms with Crippen LogP contribution in [0.4, 0.5) is 9.59 Å². The first-order valence-corrected chi connectivity index (χ1v) is 11.7. The molecule has 0 aliphatic heterocycles. The molecule has 0 saturated heterocycles. The molecule has 0 bridgehead atoms. The minimum Gasteiger partial charge on any atom is -0.450 e. The van der Waals surface area contributed by atoms with Gasteiger partial charge in [0.25, 0.3) is 0 Å². The average Bonchev–Trinajstić information content (AvgIpc) is 2.84. The molecule has 198 valence electrons. The number of likely N-dealkylation sites (N-methyl/N-ethyl adjacent to an activating group) is 1. The summed E-state index contributed by atoms with van der Waals surface area (Å²) < 4.78 is 15.6.